The summed E-state index contributed by atoms with van der Waals surface area (Å²) in [6.45, 7) is 2.99. The zero-order valence-electron chi connectivity index (χ0n) is 13.5. The quantitative estimate of drug-likeness (QED) is 0.892. The Morgan fingerprint density at radius 2 is 2.33 bits per heavy atom. The predicted molar refractivity (Wildman–Crippen MR) is 87.4 cm³/mol. The molecule has 128 valence electrons. The molecule has 0 spiro atoms. The average Bonchev–Trinajstić information content (AvgIpc) is 2.58. The van der Waals surface area contributed by atoms with Gasteiger partial charge in [-0.25, -0.2) is 9.37 Å². The van der Waals surface area contributed by atoms with Crippen LogP contribution in [0.25, 0.3) is 10.9 Å². The summed E-state index contributed by atoms with van der Waals surface area (Å²) in [5, 5.41) is 3.07. The van der Waals surface area contributed by atoms with Gasteiger partial charge in [-0.1, -0.05) is 6.07 Å². The zero-order chi connectivity index (χ0) is 17.1. The third-order valence-corrected chi connectivity index (χ3v) is 4.26. The van der Waals surface area contributed by atoms with Crippen molar-refractivity contribution in [1.82, 2.24) is 14.9 Å². The van der Waals surface area contributed by atoms with Gasteiger partial charge < -0.3 is 10.1 Å². The van der Waals surface area contributed by atoms with Crippen LogP contribution in [0.5, 0.6) is 0 Å². The lowest BCUT2D eigenvalue weighted by Crippen LogP contribution is -2.52. The van der Waals surface area contributed by atoms with E-state index in [9.17, 15) is 14.0 Å². The summed E-state index contributed by atoms with van der Waals surface area (Å²) in [7, 11) is 0. The molecule has 0 bridgehead atoms. The molecule has 2 atom stereocenters. The highest BCUT2D eigenvalue weighted by molar-refractivity contribution is 5.85. The van der Waals surface area contributed by atoms with Gasteiger partial charge >= 0.3 is 0 Å². The molecule has 0 amide bonds. The first-order valence-corrected chi connectivity index (χ1v) is 8.13. The summed E-state index contributed by atoms with van der Waals surface area (Å²) in [6.07, 6.45) is 2.84. The number of aromatic nitrogens is 2. The van der Waals surface area contributed by atoms with Crippen molar-refractivity contribution in [3.63, 3.8) is 0 Å². The van der Waals surface area contributed by atoms with E-state index in [2.05, 4.69) is 10.3 Å². The van der Waals surface area contributed by atoms with Crippen LogP contribution >= 0.6 is 0 Å². The lowest BCUT2D eigenvalue weighted by molar-refractivity contribution is -0.126. The van der Waals surface area contributed by atoms with Crippen LogP contribution in [0.2, 0.25) is 0 Å². The number of fused-ring (bicyclic) bond motifs is 1. The van der Waals surface area contributed by atoms with E-state index in [0.29, 0.717) is 6.61 Å². The first kappa shape index (κ1) is 16.7. The van der Waals surface area contributed by atoms with Gasteiger partial charge in [-0.2, -0.15) is 0 Å². The molecule has 1 saturated heterocycles. The topological polar surface area (TPSA) is 73.2 Å². The number of nitrogens with one attached hydrogen (secondary N) is 1. The molecule has 1 fully saturated rings. The van der Waals surface area contributed by atoms with Crippen LogP contribution < -0.4 is 10.9 Å². The van der Waals surface area contributed by atoms with E-state index in [1.807, 2.05) is 6.92 Å². The second-order valence-corrected chi connectivity index (χ2v) is 5.85. The molecule has 2 aromatic rings. The molecule has 2 heterocycles. The number of ether oxygens (including phenoxy) is 1. The Kier molecular flexibility index (Phi) is 5.01. The summed E-state index contributed by atoms with van der Waals surface area (Å²) in [6, 6.07) is 3.82. The molecule has 6 nitrogen and oxygen atoms in total. The second-order valence-electron chi connectivity index (χ2n) is 5.85. The molecule has 0 unspecified atom stereocenters. The number of hydrogen-bond acceptors (Lipinski definition) is 5. The molecule has 1 aliphatic rings. The van der Waals surface area contributed by atoms with E-state index in [1.54, 1.807) is 6.07 Å². The highest BCUT2D eigenvalue weighted by atomic mass is 19.1. The maximum Gasteiger partial charge on any atom is 0.264 e. The van der Waals surface area contributed by atoms with Gasteiger partial charge in [-0.05, 0) is 38.4 Å². The number of hydrogen-bond donors (Lipinski definition) is 1. The van der Waals surface area contributed by atoms with Crippen molar-refractivity contribution >= 4 is 16.7 Å². The molecule has 0 radical (unpaired) electrons. The van der Waals surface area contributed by atoms with Crippen molar-refractivity contribution in [2.75, 3.05) is 13.2 Å². The van der Waals surface area contributed by atoms with Crippen LogP contribution in [0.15, 0.2) is 29.3 Å². The van der Waals surface area contributed by atoms with Gasteiger partial charge in [0.25, 0.3) is 5.56 Å². The maximum atomic E-state index is 13.9. The van der Waals surface area contributed by atoms with Crippen LogP contribution in [0.3, 0.4) is 0 Å². The molecule has 24 heavy (non-hydrogen) atoms. The fourth-order valence-corrected chi connectivity index (χ4v) is 3.11. The van der Waals surface area contributed by atoms with E-state index in [1.165, 1.54) is 18.5 Å². The SMILES string of the molecule is CCO[C@H]1CCCN[C@@H]1C(=O)Cn1cnc2cccc(F)c2c1=O. The van der Waals surface area contributed by atoms with Crippen LogP contribution in [-0.4, -0.2) is 40.6 Å². The molecule has 1 aromatic carbocycles. The molecule has 1 aliphatic heterocycles. The summed E-state index contributed by atoms with van der Waals surface area (Å²) in [5.74, 6) is -0.789. The van der Waals surface area contributed by atoms with Crippen molar-refractivity contribution in [3.05, 3.63) is 40.7 Å². The fourth-order valence-electron chi connectivity index (χ4n) is 3.11. The summed E-state index contributed by atoms with van der Waals surface area (Å²) in [5.41, 5.74) is -0.262. The van der Waals surface area contributed by atoms with Crippen molar-refractivity contribution < 1.29 is 13.9 Å². The van der Waals surface area contributed by atoms with E-state index >= 15 is 0 Å². The van der Waals surface area contributed by atoms with Crippen LogP contribution in [0.1, 0.15) is 19.8 Å². The molecular formula is C17H20FN3O3. The van der Waals surface area contributed by atoms with Gasteiger partial charge in [-0.15, -0.1) is 0 Å². The number of nitrogens with zero attached hydrogens (tertiary/aromatic N) is 2. The molecule has 1 aromatic heterocycles. The Bertz CT molecular complexity index is 803. The molecule has 3 rings (SSSR count). The molecule has 1 N–H and O–H groups in total. The number of halogens is 1. The number of carbonyl (C=O) groups is 1. The van der Waals surface area contributed by atoms with E-state index in [0.717, 1.165) is 24.0 Å². The minimum atomic E-state index is -0.630. The highest BCUT2D eigenvalue weighted by Gasteiger charge is 2.31. The lowest BCUT2D eigenvalue weighted by atomic mass is 9.97. The zero-order valence-corrected chi connectivity index (χ0v) is 13.5. The van der Waals surface area contributed by atoms with Gasteiger partial charge in [-0.3, -0.25) is 14.2 Å². The van der Waals surface area contributed by atoms with E-state index in [4.69, 9.17) is 4.74 Å². The van der Waals surface area contributed by atoms with E-state index in [-0.39, 0.29) is 29.3 Å². The smallest absolute Gasteiger partial charge is 0.264 e. The van der Waals surface area contributed by atoms with Crippen LogP contribution in [0.4, 0.5) is 4.39 Å². The molecule has 0 aliphatic carbocycles. The molecule has 0 saturated carbocycles. The summed E-state index contributed by atoms with van der Waals surface area (Å²) >= 11 is 0. The second kappa shape index (κ2) is 7.19. The lowest BCUT2D eigenvalue weighted by Gasteiger charge is -2.31. The van der Waals surface area contributed by atoms with Crippen LogP contribution in [0, 0.1) is 5.82 Å². The Labute approximate surface area is 138 Å². The van der Waals surface area contributed by atoms with Gasteiger partial charge in [0.05, 0.1) is 30.5 Å². The highest BCUT2D eigenvalue weighted by Crippen LogP contribution is 2.15. The summed E-state index contributed by atoms with van der Waals surface area (Å²) in [4.78, 5) is 29.1. The third-order valence-electron chi connectivity index (χ3n) is 4.26. The predicted octanol–water partition coefficient (Wildman–Crippen LogP) is 1.26. The van der Waals surface area contributed by atoms with E-state index < -0.39 is 17.4 Å². The third kappa shape index (κ3) is 3.22. The fraction of sp³-hybridized carbons (Fsp3) is 0.471. The number of ketones is 1. The number of rotatable bonds is 5. The Hall–Kier alpha value is -2.12. The van der Waals surface area contributed by atoms with Crippen LogP contribution in [-0.2, 0) is 16.1 Å². The normalized spacial score (nSPS) is 21.1. The first-order chi connectivity index (χ1) is 11.6. The number of piperidine rings is 1. The Morgan fingerprint density at radius 1 is 1.50 bits per heavy atom. The standard InChI is InChI=1S/C17H20FN3O3/c1-2-24-14-7-4-8-19-16(14)13(22)9-21-10-20-12-6-3-5-11(18)15(12)17(21)23/h3,5-6,10,14,16,19H,2,4,7-9H2,1H3/t14-,16+/m0/s1. The number of Topliss-reactive ketones (excluding diaryl/α,β-unsaturated/α-hetero) is 1. The Balaban J connectivity index is 1.86. The largest absolute Gasteiger partial charge is 0.376 e. The van der Waals surface area contributed by atoms with Crippen molar-refractivity contribution in [2.45, 2.75) is 38.5 Å². The average molecular weight is 333 g/mol. The van der Waals surface area contributed by atoms with Crippen molar-refractivity contribution in [3.8, 4) is 0 Å². The van der Waals surface area contributed by atoms with Gasteiger partial charge in [0.15, 0.2) is 5.78 Å². The van der Waals surface area contributed by atoms with Crippen molar-refractivity contribution in [2.24, 2.45) is 0 Å². The molecule has 7 heteroatoms. The minimum Gasteiger partial charge on any atom is -0.376 e. The van der Waals surface area contributed by atoms with Gasteiger partial charge in [0, 0.05) is 6.61 Å². The number of benzene rings is 1. The van der Waals surface area contributed by atoms with Crippen molar-refractivity contribution in [1.29, 1.82) is 0 Å². The molecular weight excluding hydrogens is 313 g/mol. The first-order valence-electron chi connectivity index (χ1n) is 8.13. The Morgan fingerprint density at radius 3 is 3.12 bits per heavy atom. The number of carbonyl (C=O) groups excluding carboxylic acids is 1. The minimum absolute atomic E-state index is 0.0919. The van der Waals surface area contributed by atoms with Gasteiger partial charge in [0.1, 0.15) is 11.2 Å². The monoisotopic (exact) mass is 333 g/mol. The maximum absolute atomic E-state index is 13.9. The van der Waals surface area contributed by atoms with Gasteiger partial charge in [0.2, 0.25) is 0 Å². The summed E-state index contributed by atoms with van der Waals surface area (Å²) < 4.78 is 20.7.